The number of nitrogens with two attached hydrogens (primary N) is 1. The Labute approximate surface area is 144 Å². The second-order valence-corrected chi connectivity index (χ2v) is 5.74. The first-order valence-corrected chi connectivity index (χ1v) is 7.93. The van der Waals surface area contributed by atoms with Crippen LogP contribution in [-0.2, 0) is 16.1 Å². The van der Waals surface area contributed by atoms with Crippen molar-refractivity contribution >= 4 is 18.3 Å². The predicted octanol–water partition coefficient (Wildman–Crippen LogP) is 2.12. The molecular weight excluding hydrogens is 316 g/mol. The minimum absolute atomic E-state index is 0. The first-order chi connectivity index (χ1) is 10.7. The highest BCUT2D eigenvalue weighted by Crippen LogP contribution is 2.31. The molecule has 0 heterocycles. The fourth-order valence-corrected chi connectivity index (χ4v) is 2.97. The summed E-state index contributed by atoms with van der Waals surface area (Å²) in [5.74, 6) is 1.33. The molecule has 2 atom stereocenters. The van der Waals surface area contributed by atoms with Gasteiger partial charge in [-0.1, -0.05) is 18.6 Å². The van der Waals surface area contributed by atoms with Crippen molar-refractivity contribution < 1.29 is 14.3 Å². The molecule has 1 aromatic rings. The minimum Gasteiger partial charge on any atom is -0.491 e. The number of carbonyl (C=O) groups is 1. The van der Waals surface area contributed by atoms with Gasteiger partial charge in [0.05, 0.1) is 6.61 Å². The van der Waals surface area contributed by atoms with E-state index in [1.165, 1.54) is 0 Å². The Hall–Kier alpha value is -1.30. The largest absolute Gasteiger partial charge is 0.491 e. The van der Waals surface area contributed by atoms with Crippen LogP contribution in [0, 0.1) is 11.8 Å². The smallest absolute Gasteiger partial charge is 0.223 e. The fraction of sp³-hybridized carbons (Fsp3) is 0.588. The van der Waals surface area contributed by atoms with E-state index in [1.54, 1.807) is 7.11 Å². The standard InChI is InChI=1S/C17H26N2O3.ClH/c1-21-8-9-22-15-6-2-4-13(10-15)12-19-17(20)16-7-3-5-14(16)11-18;/h2,4,6,10,14,16H,3,5,7-9,11-12,18H2,1H3,(H,19,20);1H/t14-,16-;/m1./s1. The summed E-state index contributed by atoms with van der Waals surface area (Å²) in [7, 11) is 1.65. The number of rotatable bonds is 8. The summed E-state index contributed by atoms with van der Waals surface area (Å²) < 4.78 is 10.5. The molecule has 1 saturated carbocycles. The lowest BCUT2D eigenvalue weighted by molar-refractivity contribution is -0.126. The van der Waals surface area contributed by atoms with Crippen molar-refractivity contribution in [1.82, 2.24) is 5.32 Å². The maximum Gasteiger partial charge on any atom is 0.223 e. The van der Waals surface area contributed by atoms with Gasteiger partial charge in [0.2, 0.25) is 5.91 Å². The molecule has 0 radical (unpaired) electrons. The van der Waals surface area contributed by atoms with E-state index in [9.17, 15) is 4.79 Å². The Morgan fingerprint density at radius 2 is 2.17 bits per heavy atom. The van der Waals surface area contributed by atoms with Gasteiger partial charge in [-0.2, -0.15) is 0 Å². The van der Waals surface area contributed by atoms with Crippen molar-refractivity contribution in [2.75, 3.05) is 26.9 Å². The van der Waals surface area contributed by atoms with Crippen LogP contribution in [0.5, 0.6) is 5.75 Å². The van der Waals surface area contributed by atoms with Crippen LogP contribution >= 0.6 is 12.4 Å². The number of amides is 1. The summed E-state index contributed by atoms with van der Waals surface area (Å²) in [6, 6.07) is 7.77. The van der Waals surface area contributed by atoms with Crippen LogP contribution < -0.4 is 15.8 Å². The van der Waals surface area contributed by atoms with E-state index in [1.807, 2.05) is 24.3 Å². The zero-order valence-corrected chi connectivity index (χ0v) is 14.4. The number of methoxy groups -OCH3 is 1. The molecular formula is C17H27ClN2O3. The van der Waals surface area contributed by atoms with Crippen LogP contribution in [0.4, 0.5) is 0 Å². The van der Waals surface area contributed by atoms with Crippen molar-refractivity contribution in [3.63, 3.8) is 0 Å². The van der Waals surface area contributed by atoms with Crippen LogP contribution in [0.15, 0.2) is 24.3 Å². The van der Waals surface area contributed by atoms with Gasteiger partial charge in [-0.3, -0.25) is 4.79 Å². The molecule has 0 aliphatic heterocycles. The monoisotopic (exact) mass is 342 g/mol. The van der Waals surface area contributed by atoms with E-state index in [-0.39, 0.29) is 24.2 Å². The number of hydrogen-bond donors (Lipinski definition) is 2. The molecule has 2 rings (SSSR count). The Kier molecular flexibility index (Phi) is 8.99. The molecule has 1 fully saturated rings. The van der Waals surface area contributed by atoms with Gasteiger partial charge in [-0.15, -0.1) is 12.4 Å². The number of hydrogen-bond acceptors (Lipinski definition) is 4. The van der Waals surface area contributed by atoms with E-state index in [0.29, 0.717) is 32.2 Å². The maximum atomic E-state index is 12.3. The zero-order valence-electron chi connectivity index (χ0n) is 13.6. The van der Waals surface area contributed by atoms with Crippen LogP contribution in [0.3, 0.4) is 0 Å². The Balaban J connectivity index is 0.00000264. The molecule has 1 aliphatic carbocycles. The average molecular weight is 343 g/mol. The number of halogens is 1. The lowest BCUT2D eigenvalue weighted by Gasteiger charge is -2.17. The topological polar surface area (TPSA) is 73.6 Å². The van der Waals surface area contributed by atoms with Gasteiger partial charge >= 0.3 is 0 Å². The normalized spacial score (nSPS) is 19.9. The van der Waals surface area contributed by atoms with Crippen molar-refractivity contribution in [1.29, 1.82) is 0 Å². The molecule has 0 saturated heterocycles. The SMILES string of the molecule is COCCOc1cccc(CNC(=O)[C@@H]2CCC[C@@H]2CN)c1.Cl. The quantitative estimate of drug-likeness (QED) is 0.710. The van der Waals surface area contributed by atoms with Crippen molar-refractivity contribution in [3.8, 4) is 5.75 Å². The molecule has 0 bridgehead atoms. The van der Waals surface area contributed by atoms with Gasteiger partial charge in [-0.25, -0.2) is 0 Å². The third-order valence-electron chi connectivity index (χ3n) is 4.22. The van der Waals surface area contributed by atoms with Crippen molar-refractivity contribution in [2.24, 2.45) is 17.6 Å². The van der Waals surface area contributed by atoms with Gasteiger partial charge in [0, 0.05) is 19.6 Å². The molecule has 0 spiro atoms. The van der Waals surface area contributed by atoms with Crippen LogP contribution in [-0.4, -0.2) is 32.8 Å². The summed E-state index contributed by atoms with van der Waals surface area (Å²) in [4.78, 5) is 12.3. The van der Waals surface area contributed by atoms with Crippen LogP contribution in [0.1, 0.15) is 24.8 Å². The summed E-state index contributed by atoms with van der Waals surface area (Å²) in [6.07, 6.45) is 3.12. The van der Waals surface area contributed by atoms with Gasteiger partial charge in [0.25, 0.3) is 0 Å². The molecule has 0 unspecified atom stereocenters. The van der Waals surface area contributed by atoms with Crippen LogP contribution in [0.2, 0.25) is 0 Å². The first kappa shape index (κ1) is 19.7. The molecule has 23 heavy (non-hydrogen) atoms. The number of carbonyl (C=O) groups excluding carboxylic acids is 1. The summed E-state index contributed by atoms with van der Waals surface area (Å²) in [5, 5.41) is 3.02. The predicted molar refractivity (Wildman–Crippen MR) is 92.8 cm³/mol. The molecule has 6 heteroatoms. The molecule has 130 valence electrons. The Morgan fingerprint density at radius 1 is 1.35 bits per heavy atom. The third kappa shape index (κ3) is 6.01. The Morgan fingerprint density at radius 3 is 2.91 bits per heavy atom. The highest BCUT2D eigenvalue weighted by Gasteiger charge is 2.31. The van der Waals surface area contributed by atoms with Gasteiger partial charge < -0.3 is 20.5 Å². The number of nitrogens with one attached hydrogen (secondary N) is 1. The van der Waals surface area contributed by atoms with E-state index in [4.69, 9.17) is 15.2 Å². The fourth-order valence-electron chi connectivity index (χ4n) is 2.97. The molecule has 0 aromatic heterocycles. The third-order valence-corrected chi connectivity index (χ3v) is 4.22. The summed E-state index contributed by atoms with van der Waals surface area (Å²) >= 11 is 0. The molecule has 1 aromatic carbocycles. The number of benzene rings is 1. The minimum atomic E-state index is 0. The first-order valence-electron chi connectivity index (χ1n) is 7.93. The lowest BCUT2D eigenvalue weighted by atomic mass is 9.95. The second-order valence-electron chi connectivity index (χ2n) is 5.74. The average Bonchev–Trinajstić information content (AvgIpc) is 3.02. The van der Waals surface area contributed by atoms with Gasteiger partial charge in [0.1, 0.15) is 12.4 Å². The van der Waals surface area contributed by atoms with E-state index < -0.39 is 0 Å². The highest BCUT2D eigenvalue weighted by atomic mass is 35.5. The van der Waals surface area contributed by atoms with Crippen molar-refractivity contribution in [2.45, 2.75) is 25.8 Å². The molecule has 5 nitrogen and oxygen atoms in total. The Bertz CT molecular complexity index is 485. The summed E-state index contributed by atoms with van der Waals surface area (Å²) in [5.41, 5.74) is 6.77. The number of ether oxygens (including phenoxy) is 2. The highest BCUT2D eigenvalue weighted by molar-refractivity contribution is 5.85. The van der Waals surface area contributed by atoms with Gasteiger partial charge in [0.15, 0.2) is 0 Å². The molecule has 1 amide bonds. The van der Waals surface area contributed by atoms with Gasteiger partial charge in [-0.05, 0) is 43.0 Å². The van der Waals surface area contributed by atoms with E-state index in [2.05, 4.69) is 5.32 Å². The van der Waals surface area contributed by atoms with Crippen LogP contribution in [0.25, 0.3) is 0 Å². The molecule has 3 N–H and O–H groups in total. The maximum absolute atomic E-state index is 12.3. The van der Waals surface area contributed by atoms with Crippen molar-refractivity contribution in [3.05, 3.63) is 29.8 Å². The van der Waals surface area contributed by atoms with E-state index in [0.717, 1.165) is 30.6 Å². The van der Waals surface area contributed by atoms with E-state index >= 15 is 0 Å². The second kappa shape index (κ2) is 10.5. The molecule has 1 aliphatic rings. The lowest BCUT2D eigenvalue weighted by Crippen LogP contribution is -2.34. The zero-order chi connectivity index (χ0) is 15.8. The summed E-state index contributed by atoms with van der Waals surface area (Å²) in [6.45, 7) is 2.20.